The van der Waals surface area contributed by atoms with Crippen LogP contribution in [0.3, 0.4) is 0 Å². The predicted octanol–water partition coefficient (Wildman–Crippen LogP) is 11.9. The van der Waals surface area contributed by atoms with Crippen LogP contribution in [0.25, 0.3) is 67.5 Å². The van der Waals surface area contributed by atoms with E-state index in [1.807, 2.05) is 224 Å². The molecule has 0 N–H and O–H groups in total. The van der Waals surface area contributed by atoms with E-state index in [0.717, 1.165) is 33.4 Å². The Morgan fingerprint density at radius 3 is 0.774 bits per heavy atom. The topological polar surface area (TPSA) is 85.7 Å². The van der Waals surface area contributed by atoms with Crippen LogP contribution >= 0.6 is 0 Å². The third kappa shape index (κ3) is 8.78. The van der Waals surface area contributed by atoms with Crippen LogP contribution in [0.2, 0.25) is 4.43 Å². The number of Topliss-reactive ketones (excluding diaryl/α,β-unsaturated/α-hetero) is 2. The number of benzene rings is 6. The molecule has 0 unspecified atom stereocenters. The van der Waals surface area contributed by atoms with Crippen LogP contribution in [0.1, 0.15) is 41.5 Å². The van der Waals surface area contributed by atoms with E-state index in [2.05, 4.69) is 0 Å². The summed E-state index contributed by atoms with van der Waals surface area (Å²) >= 11 is -3.84. The molecule has 8 rings (SSSR count). The Kier molecular flexibility index (Phi) is 12.1. The van der Waals surface area contributed by atoms with Gasteiger partial charge in [-0.1, -0.05) is 0 Å². The second kappa shape index (κ2) is 17.8. The Bertz CT molecular complexity index is 2630. The van der Waals surface area contributed by atoms with Gasteiger partial charge in [-0.2, -0.15) is 0 Å². The van der Waals surface area contributed by atoms with Gasteiger partial charge in [-0.15, -0.1) is 0 Å². The molecular formula is C55H49IrN4O2. The van der Waals surface area contributed by atoms with Crippen molar-refractivity contribution in [3.8, 4) is 67.5 Å². The second-order valence-electron chi connectivity index (χ2n) is 17.1. The Hall–Kier alpha value is -6.53. The van der Waals surface area contributed by atoms with Gasteiger partial charge in [0.05, 0.1) is 0 Å². The van der Waals surface area contributed by atoms with E-state index in [4.69, 9.17) is 19.9 Å². The van der Waals surface area contributed by atoms with Crippen LogP contribution in [-0.2, 0) is 26.1 Å². The summed E-state index contributed by atoms with van der Waals surface area (Å²) in [4.78, 5) is 53.9. The molecule has 0 amide bonds. The SMILES string of the molecule is CC(C)(C)C(=O)[CH](C(=O)C(C)(C)C)[Ir]([c]1nc(-c2ccccc2)c(-c2ccccc2)nc1-c1ccccc1)[c]1nc(-c2ccccc2)c(-c2ccccc2)nc1-c1ccccc1. The zero-order valence-electron chi connectivity index (χ0n) is 35.8. The van der Waals surface area contributed by atoms with Crippen molar-refractivity contribution in [3.63, 3.8) is 0 Å². The van der Waals surface area contributed by atoms with Gasteiger partial charge in [0.1, 0.15) is 0 Å². The summed E-state index contributed by atoms with van der Waals surface area (Å²) in [7, 11) is 0. The van der Waals surface area contributed by atoms with Crippen molar-refractivity contribution in [1.82, 2.24) is 19.9 Å². The molecular weight excluding hydrogens is 941 g/mol. The maximum atomic E-state index is 15.5. The van der Waals surface area contributed by atoms with Gasteiger partial charge in [0.25, 0.3) is 0 Å². The normalized spacial score (nSPS) is 12.0. The van der Waals surface area contributed by atoms with E-state index in [0.29, 0.717) is 42.6 Å². The minimum absolute atomic E-state index is 0.143. The number of nitrogens with zero attached hydrogens (tertiary/aromatic N) is 4. The van der Waals surface area contributed by atoms with E-state index >= 15 is 9.59 Å². The molecule has 0 aliphatic carbocycles. The molecule has 2 heterocycles. The molecule has 0 bridgehead atoms. The summed E-state index contributed by atoms with van der Waals surface area (Å²) in [5.41, 5.74) is 7.44. The predicted molar refractivity (Wildman–Crippen MR) is 249 cm³/mol. The molecule has 62 heavy (non-hydrogen) atoms. The van der Waals surface area contributed by atoms with Gasteiger partial charge in [0, 0.05) is 0 Å². The standard InChI is InChI=1S/2C22H15N2.C11H19O2.Ir/c2*1-4-10-17(11-5-1)20-16-23-21(18-12-6-2-7-13-18)22(24-20)19-14-8-3-9-15-19;1-10(2,3)8(12)7-9(13)11(4,5)6;/h2*1-15H;7H,1-6H3;. The van der Waals surface area contributed by atoms with Crippen LogP contribution in [0.15, 0.2) is 182 Å². The van der Waals surface area contributed by atoms with Gasteiger partial charge in [-0.05, 0) is 0 Å². The molecule has 0 atom stereocenters. The average Bonchev–Trinajstić information content (AvgIpc) is 3.30. The number of carbonyl (C=O) groups is 2. The third-order valence-electron chi connectivity index (χ3n) is 10.4. The van der Waals surface area contributed by atoms with E-state index in [1.165, 1.54) is 0 Å². The van der Waals surface area contributed by atoms with Crippen LogP contribution in [0.5, 0.6) is 0 Å². The first-order valence-electron chi connectivity index (χ1n) is 20.8. The summed E-state index contributed by atoms with van der Waals surface area (Å²) < 4.78 is 0.196. The maximum absolute atomic E-state index is 15.5. The molecule has 0 spiro atoms. The quantitative estimate of drug-likeness (QED) is 0.120. The number of hydrogen-bond acceptors (Lipinski definition) is 6. The molecule has 8 aromatic rings. The summed E-state index contributed by atoms with van der Waals surface area (Å²) in [5, 5.41) is 0. The Morgan fingerprint density at radius 2 is 0.548 bits per heavy atom. The molecule has 310 valence electrons. The monoisotopic (exact) mass is 990 g/mol. The zero-order chi connectivity index (χ0) is 43.4. The molecule has 0 aliphatic rings. The van der Waals surface area contributed by atoms with Crippen LogP contribution in [-0.4, -0.2) is 31.5 Å². The van der Waals surface area contributed by atoms with E-state index in [1.54, 1.807) is 0 Å². The molecule has 7 heteroatoms. The van der Waals surface area contributed by atoms with Crippen LogP contribution < -0.4 is 8.42 Å². The number of carbonyl (C=O) groups excluding carboxylic acids is 2. The van der Waals surface area contributed by atoms with Gasteiger partial charge in [-0.25, -0.2) is 0 Å². The first kappa shape index (κ1) is 42.2. The van der Waals surface area contributed by atoms with E-state index in [9.17, 15) is 0 Å². The molecule has 0 saturated carbocycles. The van der Waals surface area contributed by atoms with Gasteiger partial charge < -0.3 is 0 Å². The molecule has 0 saturated heterocycles. The van der Waals surface area contributed by atoms with Crippen molar-refractivity contribution in [2.45, 2.75) is 46.0 Å². The first-order chi connectivity index (χ1) is 29.9. The number of aromatic nitrogens is 4. The summed E-state index contributed by atoms with van der Waals surface area (Å²) in [6.07, 6.45) is 0. The Balaban J connectivity index is 1.60. The Labute approximate surface area is 370 Å². The van der Waals surface area contributed by atoms with Crippen LogP contribution in [0, 0.1) is 10.8 Å². The van der Waals surface area contributed by atoms with Crippen molar-refractivity contribution in [2.24, 2.45) is 10.8 Å². The molecule has 0 radical (unpaired) electrons. The summed E-state index contributed by atoms with van der Waals surface area (Å²) in [6.45, 7) is 11.4. The molecule has 0 fully saturated rings. The average molecular weight is 990 g/mol. The summed E-state index contributed by atoms with van der Waals surface area (Å²) in [6, 6.07) is 60.3. The number of hydrogen-bond donors (Lipinski definition) is 0. The second-order valence-corrected chi connectivity index (χ2v) is 22.7. The van der Waals surface area contributed by atoms with Crippen LogP contribution in [0.4, 0.5) is 0 Å². The van der Waals surface area contributed by atoms with Crippen molar-refractivity contribution < 1.29 is 26.1 Å². The minimum atomic E-state index is -3.84. The van der Waals surface area contributed by atoms with Gasteiger partial charge in [0.2, 0.25) is 0 Å². The number of ketones is 2. The zero-order valence-corrected chi connectivity index (χ0v) is 38.2. The molecule has 0 aliphatic heterocycles. The first-order valence-corrected chi connectivity index (χ1v) is 24.5. The third-order valence-corrected chi connectivity index (χ3v) is 17.2. The fraction of sp³-hybridized carbons (Fsp3) is 0.164. The van der Waals surface area contributed by atoms with Crippen molar-refractivity contribution >= 4 is 20.0 Å². The van der Waals surface area contributed by atoms with Crippen molar-refractivity contribution in [3.05, 3.63) is 182 Å². The molecule has 6 aromatic carbocycles. The molecule has 2 aromatic heterocycles. The fourth-order valence-corrected chi connectivity index (χ4v) is 15.5. The van der Waals surface area contributed by atoms with Gasteiger partial charge >= 0.3 is 372 Å². The van der Waals surface area contributed by atoms with Gasteiger partial charge in [0.15, 0.2) is 0 Å². The fourth-order valence-electron chi connectivity index (χ4n) is 7.07. The van der Waals surface area contributed by atoms with E-state index in [-0.39, 0.29) is 11.6 Å². The number of rotatable bonds is 11. The molecule has 6 nitrogen and oxygen atoms in total. The summed E-state index contributed by atoms with van der Waals surface area (Å²) in [5.74, 6) is -0.285. The van der Waals surface area contributed by atoms with Crippen molar-refractivity contribution in [1.29, 1.82) is 0 Å². The Morgan fingerprint density at radius 1 is 0.339 bits per heavy atom. The van der Waals surface area contributed by atoms with Gasteiger partial charge in [-0.3, -0.25) is 0 Å². The van der Waals surface area contributed by atoms with E-state index < -0.39 is 31.7 Å². The van der Waals surface area contributed by atoms with Crippen molar-refractivity contribution in [2.75, 3.05) is 0 Å².